The molecular formula is C29H29F2N2O3+. The average molecular weight is 492 g/mol. The normalized spacial score (nSPS) is 23.6. The summed E-state index contributed by atoms with van der Waals surface area (Å²) >= 11 is 0. The number of halogens is 2. The fourth-order valence-electron chi connectivity index (χ4n) is 5.49. The third-order valence-corrected chi connectivity index (χ3v) is 7.46. The van der Waals surface area contributed by atoms with Gasteiger partial charge >= 0.3 is 5.97 Å². The Bertz CT molecular complexity index is 1220. The number of hydrogen-bond acceptors (Lipinski definition) is 4. The molecule has 3 heterocycles. The molecule has 0 aromatic heterocycles. The van der Waals surface area contributed by atoms with E-state index in [-0.39, 0.29) is 17.8 Å². The van der Waals surface area contributed by atoms with Crippen molar-refractivity contribution in [3.05, 3.63) is 102 Å². The third-order valence-electron chi connectivity index (χ3n) is 7.46. The van der Waals surface area contributed by atoms with Crippen molar-refractivity contribution in [2.75, 3.05) is 31.5 Å². The van der Waals surface area contributed by atoms with E-state index in [1.54, 1.807) is 12.1 Å². The number of Topliss-reactive ketones (excluding diaryl/α,β-unsaturated/α-hetero) is 1. The van der Waals surface area contributed by atoms with Crippen molar-refractivity contribution >= 4 is 17.4 Å². The van der Waals surface area contributed by atoms with E-state index in [0.29, 0.717) is 34.4 Å². The van der Waals surface area contributed by atoms with Gasteiger partial charge in [-0.2, -0.15) is 0 Å². The Hall–Kier alpha value is -3.58. The summed E-state index contributed by atoms with van der Waals surface area (Å²) in [7, 11) is 0. The summed E-state index contributed by atoms with van der Waals surface area (Å²) in [6.07, 6.45) is 1.46. The van der Waals surface area contributed by atoms with Gasteiger partial charge in [-0.25, -0.2) is 13.6 Å². The van der Waals surface area contributed by atoms with Crippen LogP contribution in [0.2, 0.25) is 0 Å². The third kappa shape index (κ3) is 5.31. The van der Waals surface area contributed by atoms with E-state index in [1.165, 1.54) is 36.4 Å². The number of hydrogen-bond donors (Lipinski definition) is 1. The molecule has 36 heavy (non-hydrogen) atoms. The van der Waals surface area contributed by atoms with Crippen LogP contribution in [-0.2, 0) is 9.53 Å². The number of nitrogens with zero attached hydrogens (tertiary/aromatic N) is 1. The van der Waals surface area contributed by atoms with Gasteiger partial charge in [-0.3, -0.25) is 4.79 Å². The minimum atomic E-state index is -0.928. The maximum absolute atomic E-state index is 13.8. The molecule has 3 aliphatic rings. The summed E-state index contributed by atoms with van der Waals surface area (Å²) in [6.45, 7) is 2.75. The van der Waals surface area contributed by atoms with Crippen LogP contribution in [-0.4, -0.2) is 48.5 Å². The molecule has 186 valence electrons. The summed E-state index contributed by atoms with van der Waals surface area (Å²) in [4.78, 5) is 26.4. The highest BCUT2D eigenvalue weighted by molar-refractivity contribution is 5.97. The molecular weight excluding hydrogens is 462 g/mol. The summed E-state index contributed by atoms with van der Waals surface area (Å²) in [6, 6.07) is 19.8. The molecule has 0 amide bonds. The van der Waals surface area contributed by atoms with Crippen LogP contribution in [0.5, 0.6) is 0 Å². The van der Waals surface area contributed by atoms with Crippen LogP contribution in [0, 0.1) is 17.6 Å². The van der Waals surface area contributed by atoms with E-state index in [2.05, 4.69) is 5.32 Å². The van der Waals surface area contributed by atoms with Crippen LogP contribution in [0.15, 0.2) is 78.9 Å². The lowest BCUT2D eigenvalue weighted by molar-refractivity contribution is -0.938. The van der Waals surface area contributed by atoms with Crippen molar-refractivity contribution in [2.24, 2.45) is 5.92 Å². The van der Waals surface area contributed by atoms with E-state index < -0.39 is 23.6 Å². The highest BCUT2D eigenvalue weighted by atomic mass is 19.1. The predicted octanol–water partition coefficient (Wildman–Crippen LogP) is 5.15. The molecule has 2 atom stereocenters. The standard InChI is InChI=1S/C29H29F2N2O3/c30-23-11-9-22(10-12-23)28(32-25-8-4-7-24(31)17-25)29(35)36-27-19-33(15-13-21(27)14-16-33)18-26(34)20-5-2-1-3-6-20/h1-12,17,21,27-28,32H,13-16,18-19H2/q+1/t21?,27-,28+,33?/m0/s1. The van der Waals surface area contributed by atoms with Gasteiger partial charge in [0.25, 0.3) is 0 Å². The highest BCUT2D eigenvalue weighted by Crippen LogP contribution is 2.37. The molecule has 6 rings (SSSR count). The van der Waals surface area contributed by atoms with E-state index >= 15 is 0 Å². The Morgan fingerprint density at radius 2 is 1.64 bits per heavy atom. The summed E-state index contributed by atoms with van der Waals surface area (Å²) in [5.41, 5.74) is 1.64. The van der Waals surface area contributed by atoms with E-state index in [0.717, 1.165) is 25.9 Å². The Labute approximate surface area is 209 Å². The zero-order valence-electron chi connectivity index (χ0n) is 19.9. The number of fused-ring (bicyclic) bond motifs is 3. The second kappa shape index (κ2) is 10.2. The van der Waals surface area contributed by atoms with E-state index in [4.69, 9.17) is 4.74 Å². The first-order valence-corrected chi connectivity index (χ1v) is 12.3. The maximum atomic E-state index is 13.8. The van der Waals surface area contributed by atoms with Crippen LogP contribution in [0.4, 0.5) is 14.5 Å². The molecule has 0 spiro atoms. The van der Waals surface area contributed by atoms with Crippen LogP contribution in [0.3, 0.4) is 0 Å². The average Bonchev–Trinajstić information content (AvgIpc) is 2.89. The number of piperidine rings is 3. The van der Waals surface area contributed by atoms with Crippen molar-refractivity contribution in [1.82, 2.24) is 0 Å². The molecule has 1 N–H and O–H groups in total. The van der Waals surface area contributed by atoms with Crippen molar-refractivity contribution in [1.29, 1.82) is 0 Å². The summed E-state index contributed by atoms with van der Waals surface area (Å²) < 4.78 is 34.0. The van der Waals surface area contributed by atoms with Crippen LogP contribution in [0.25, 0.3) is 0 Å². The number of carbonyl (C=O) groups is 2. The van der Waals surface area contributed by atoms with Crippen molar-refractivity contribution in [2.45, 2.75) is 25.0 Å². The minimum absolute atomic E-state index is 0.0954. The molecule has 0 radical (unpaired) electrons. The fourth-order valence-corrected chi connectivity index (χ4v) is 5.49. The van der Waals surface area contributed by atoms with Gasteiger partial charge in [-0.15, -0.1) is 0 Å². The van der Waals surface area contributed by atoms with Crippen molar-refractivity contribution < 1.29 is 27.6 Å². The summed E-state index contributed by atoms with van der Waals surface area (Å²) in [5, 5.41) is 3.06. The van der Waals surface area contributed by atoms with Crippen molar-refractivity contribution in [3.63, 3.8) is 0 Å². The van der Waals surface area contributed by atoms with Gasteiger partial charge in [-0.05, 0) is 35.9 Å². The Kier molecular flexibility index (Phi) is 6.83. The first-order valence-electron chi connectivity index (χ1n) is 12.3. The number of ether oxygens (including phenoxy) is 1. The van der Waals surface area contributed by atoms with Gasteiger partial charge in [-0.1, -0.05) is 48.5 Å². The smallest absolute Gasteiger partial charge is 0.333 e. The zero-order chi connectivity index (χ0) is 25.1. The van der Waals surface area contributed by atoms with Gasteiger partial charge in [0.05, 0.1) is 13.1 Å². The Morgan fingerprint density at radius 3 is 2.33 bits per heavy atom. The lowest BCUT2D eigenvalue weighted by atomic mass is 9.82. The van der Waals surface area contributed by atoms with Crippen LogP contribution < -0.4 is 5.32 Å². The van der Waals surface area contributed by atoms with Gasteiger partial charge in [0.2, 0.25) is 5.78 Å². The van der Waals surface area contributed by atoms with Crippen LogP contribution >= 0.6 is 0 Å². The lowest BCUT2D eigenvalue weighted by Crippen LogP contribution is -2.65. The van der Waals surface area contributed by atoms with Gasteiger partial charge in [0.1, 0.15) is 24.7 Å². The molecule has 3 aromatic rings. The SMILES string of the molecule is O=C(C[N+]12CCC(CC1)[C@@H](OC(=O)[C@H](Nc1cccc(F)c1)c1ccc(F)cc1)C2)c1ccccc1. The number of ketones is 1. The highest BCUT2D eigenvalue weighted by Gasteiger charge is 2.49. The second-order valence-corrected chi connectivity index (χ2v) is 9.87. The van der Waals surface area contributed by atoms with Crippen LogP contribution in [0.1, 0.15) is 34.8 Å². The molecule has 3 saturated heterocycles. The number of quaternary nitrogens is 1. The number of carbonyl (C=O) groups excluding carboxylic acids is 2. The maximum Gasteiger partial charge on any atom is 0.333 e. The fraction of sp³-hybridized carbons (Fsp3) is 0.310. The van der Waals surface area contributed by atoms with Crippen molar-refractivity contribution in [3.8, 4) is 0 Å². The minimum Gasteiger partial charge on any atom is -0.454 e. The quantitative estimate of drug-likeness (QED) is 0.269. The molecule has 3 fully saturated rings. The number of benzene rings is 3. The molecule has 7 heteroatoms. The monoisotopic (exact) mass is 491 g/mol. The number of nitrogens with one attached hydrogen (secondary N) is 1. The Morgan fingerprint density at radius 1 is 0.917 bits per heavy atom. The topological polar surface area (TPSA) is 55.4 Å². The van der Waals surface area contributed by atoms with Gasteiger partial charge in [0.15, 0.2) is 12.1 Å². The summed E-state index contributed by atoms with van der Waals surface area (Å²) in [5.74, 6) is -1.01. The molecule has 2 bridgehead atoms. The molecule has 3 aliphatic heterocycles. The second-order valence-electron chi connectivity index (χ2n) is 9.87. The first-order chi connectivity index (χ1) is 17.4. The largest absolute Gasteiger partial charge is 0.454 e. The predicted molar refractivity (Wildman–Crippen MR) is 132 cm³/mol. The van der Waals surface area contributed by atoms with E-state index in [1.807, 2.05) is 30.3 Å². The first kappa shape index (κ1) is 24.1. The lowest BCUT2D eigenvalue weighted by Gasteiger charge is -2.51. The van der Waals surface area contributed by atoms with Gasteiger partial charge < -0.3 is 14.5 Å². The zero-order valence-corrected chi connectivity index (χ0v) is 19.9. The molecule has 0 saturated carbocycles. The van der Waals surface area contributed by atoms with Gasteiger partial charge in [0, 0.05) is 30.0 Å². The number of esters is 1. The number of rotatable bonds is 8. The molecule has 3 aromatic carbocycles. The van der Waals surface area contributed by atoms with E-state index in [9.17, 15) is 18.4 Å². The number of anilines is 1. The molecule has 0 unspecified atom stereocenters. The molecule has 0 aliphatic carbocycles. The Balaban J connectivity index is 1.33. The molecule has 5 nitrogen and oxygen atoms in total.